The first-order chi connectivity index (χ1) is 17.1. The number of hydrogen-bond acceptors (Lipinski definition) is 7. The van der Waals surface area contributed by atoms with E-state index in [-0.39, 0.29) is 17.4 Å². The van der Waals surface area contributed by atoms with Gasteiger partial charge < -0.3 is 25.4 Å². The molecule has 0 saturated carbocycles. The number of rotatable bonds is 5. The third-order valence-corrected chi connectivity index (χ3v) is 7.37. The monoisotopic (exact) mass is 509 g/mol. The number of carbonyl (C=O) groups is 1. The fourth-order valence-electron chi connectivity index (χ4n) is 5.29. The van der Waals surface area contributed by atoms with E-state index >= 15 is 0 Å². The molecule has 0 aromatic heterocycles. The average Bonchev–Trinajstić information content (AvgIpc) is 3.05. The lowest BCUT2D eigenvalue weighted by Gasteiger charge is -2.41. The molecule has 4 rings (SSSR count). The Hall–Kier alpha value is -2.92. The minimum absolute atomic E-state index is 0.191. The number of dihydropyridines is 1. The molecule has 8 nitrogen and oxygen atoms in total. The zero-order chi connectivity index (χ0) is 25.9. The molecule has 11 heteroatoms. The highest BCUT2D eigenvalue weighted by molar-refractivity contribution is 5.94. The summed E-state index contributed by atoms with van der Waals surface area (Å²) in [7, 11) is 1.80. The number of aliphatic hydroxyl groups excluding tert-OH is 1. The summed E-state index contributed by atoms with van der Waals surface area (Å²) in [4.78, 5) is 17.2. The molecule has 2 fully saturated rings. The molecule has 4 N–H and O–H groups in total. The van der Waals surface area contributed by atoms with Crippen molar-refractivity contribution in [3.63, 3.8) is 0 Å². The lowest BCUT2D eigenvalue weighted by molar-refractivity contribution is -0.274. The van der Waals surface area contributed by atoms with Crippen LogP contribution in [0.2, 0.25) is 0 Å². The Balaban J connectivity index is 1.36. The van der Waals surface area contributed by atoms with Gasteiger partial charge in [0, 0.05) is 69.6 Å². The van der Waals surface area contributed by atoms with Crippen molar-refractivity contribution in [2.75, 3.05) is 33.2 Å². The first-order valence-corrected chi connectivity index (χ1v) is 12.4. The van der Waals surface area contributed by atoms with E-state index in [0.717, 1.165) is 50.2 Å². The van der Waals surface area contributed by atoms with Gasteiger partial charge in [-0.15, -0.1) is 13.2 Å². The number of benzene rings is 1. The molecule has 2 unspecified atom stereocenters. The number of likely N-dealkylation sites (tertiary alicyclic amines) is 1. The molecule has 3 aliphatic heterocycles. The number of alkyl halides is 3. The van der Waals surface area contributed by atoms with Crippen LogP contribution in [0.1, 0.15) is 43.0 Å². The quantitative estimate of drug-likeness (QED) is 0.485. The summed E-state index contributed by atoms with van der Waals surface area (Å²) in [5, 5.41) is 20.7. The van der Waals surface area contributed by atoms with Gasteiger partial charge in [0.1, 0.15) is 17.2 Å². The predicted octanol–water partition coefficient (Wildman–Crippen LogP) is 3.07. The van der Waals surface area contributed by atoms with Crippen molar-refractivity contribution in [1.82, 2.24) is 25.8 Å². The van der Waals surface area contributed by atoms with Crippen LogP contribution in [0.4, 0.5) is 13.2 Å². The minimum atomic E-state index is -4.76. The highest BCUT2D eigenvalue weighted by atomic mass is 19.4. The molecule has 0 radical (unpaired) electrons. The Bertz CT molecular complexity index is 990. The number of nitrogens with zero attached hydrogens (tertiary/aromatic N) is 2. The third-order valence-electron chi connectivity index (χ3n) is 7.37. The molecule has 1 aromatic carbocycles. The Morgan fingerprint density at radius 3 is 2.50 bits per heavy atom. The lowest BCUT2D eigenvalue weighted by atomic mass is 9.97. The van der Waals surface area contributed by atoms with Gasteiger partial charge in [-0.2, -0.15) is 0 Å². The van der Waals surface area contributed by atoms with Crippen LogP contribution < -0.4 is 20.7 Å². The van der Waals surface area contributed by atoms with E-state index in [0.29, 0.717) is 37.2 Å². The van der Waals surface area contributed by atoms with Gasteiger partial charge >= 0.3 is 6.36 Å². The summed E-state index contributed by atoms with van der Waals surface area (Å²) in [6.45, 7) is 4.82. The van der Waals surface area contributed by atoms with Crippen LogP contribution in [-0.4, -0.2) is 78.1 Å². The van der Waals surface area contributed by atoms with Gasteiger partial charge in [0.25, 0.3) is 5.91 Å². The number of carbonyl (C=O) groups excluding carboxylic acids is 1. The zero-order valence-electron chi connectivity index (χ0n) is 20.6. The molecular formula is C25H34F3N5O3. The van der Waals surface area contributed by atoms with Gasteiger partial charge in [0.2, 0.25) is 0 Å². The minimum Gasteiger partial charge on any atom is -0.508 e. The van der Waals surface area contributed by atoms with Crippen molar-refractivity contribution in [1.29, 1.82) is 0 Å². The SMILES string of the molecule is CCC1CNC2(CCN1C1CCN(C(=O)c3ccc(OC(F)(F)F)cc3)CC1)NC=C(NC)C=C2O. The van der Waals surface area contributed by atoms with Crippen LogP contribution >= 0.6 is 0 Å². The number of piperidine rings is 1. The Morgan fingerprint density at radius 1 is 1.22 bits per heavy atom. The summed E-state index contributed by atoms with van der Waals surface area (Å²) < 4.78 is 41.0. The maximum absolute atomic E-state index is 12.9. The molecule has 2 saturated heterocycles. The van der Waals surface area contributed by atoms with E-state index in [9.17, 15) is 23.1 Å². The van der Waals surface area contributed by atoms with E-state index in [2.05, 4.69) is 32.5 Å². The zero-order valence-corrected chi connectivity index (χ0v) is 20.6. The second-order valence-electron chi connectivity index (χ2n) is 9.46. The maximum Gasteiger partial charge on any atom is 0.573 e. The van der Waals surface area contributed by atoms with Crippen molar-refractivity contribution in [2.45, 2.75) is 56.7 Å². The van der Waals surface area contributed by atoms with Crippen molar-refractivity contribution in [3.8, 4) is 5.75 Å². The number of halogens is 3. The molecule has 1 amide bonds. The molecule has 36 heavy (non-hydrogen) atoms. The van der Waals surface area contributed by atoms with Gasteiger partial charge in [-0.3, -0.25) is 15.0 Å². The Kier molecular flexibility index (Phi) is 7.70. The predicted molar refractivity (Wildman–Crippen MR) is 129 cm³/mol. The smallest absolute Gasteiger partial charge is 0.508 e. The second-order valence-corrected chi connectivity index (χ2v) is 9.46. The number of ether oxygens (including phenoxy) is 1. The molecule has 198 valence electrons. The van der Waals surface area contributed by atoms with Crippen LogP contribution in [0, 0.1) is 0 Å². The number of amides is 1. The highest BCUT2D eigenvalue weighted by Crippen LogP contribution is 2.29. The largest absolute Gasteiger partial charge is 0.573 e. The van der Waals surface area contributed by atoms with Gasteiger partial charge in [-0.05, 0) is 43.5 Å². The summed E-state index contributed by atoms with van der Waals surface area (Å²) in [5.41, 5.74) is 0.462. The molecule has 0 bridgehead atoms. The normalized spacial score (nSPS) is 26.0. The molecule has 3 aliphatic rings. The molecular weight excluding hydrogens is 475 g/mol. The molecule has 1 aromatic rings. The van der Waals surface area contributed by atoms with E-state index in [4.69, 9.17) is 0 Å². The Morgan fingerprint density at radius 2 is 1.92 bits per heavy atom. The van der Waals surface area contributed by atoms with Gasteiger partial charge in [0.15, 0.2) is 0 Å². The van der Waals surface area contributed by atoms with Gasteiger partial charge in [-0.1, -0.05) is 6.92 Å². The van der Waals surface area contributed by atoms with Gasteiger partial charge in [0.05, 0.1) is 5.70 Å². The molecule has 2 atom stereocenters. The second kappa shape index (κ2) is 10.6. The lowest BCUT2D eigenvalue weighted by Crippen LogP contribution is -2.58. The van der Waals surface area contributed by atoms with E-state index in [1.165, 1.54) is 12.1 Å². The fourth-order valence-corrected chi connectivity index (χ4v) is 5.29. The average molecular weight is 510 g/mol. The number of aliphatic hydroxyl groups is 1. The number of hydrogen-bond donors (Lipinski definition) is 4. The first kappa shape index (κ1) is 26.2. The van der Waals surface area contributed by atoms with Crippen molar-refractivity contribution in [2.24, 2.45) is 0 Å². The molecule has 3 heterocycles. The van der Waals surface area contributed by atoms with Crippen LogP contribution in [0.25, 0.3) is 0 Å². The number of allylic oxidation sites excluding steroid dienone is 1. The summed E-state index contributed by atoms with van der Waals surface area (Å²) in [5.74, 6) is -0.274. The van der Waals surface area contributed by atoms with E-state index in [1.54, 1.807) is 18.0 Å². The molecule has 1 spiro atoms. The van der Waals surface area contributed by atoms with Crippen molar-refractivity contribution >= 4 is 5.91 Å². The number of nitrogens with one attached hydrogen (secondary N) is 3. The summed E-state index contributed by atoms with van der Waals surface area (Å²) >= 11 is 0. The van der Waals surface area contributed by atoms with Crippen LogP contribution in [0.5, 0.6) is 5.75 Å². The highest BCUT2D eigenvalue weighted by Gasteiger charge is 2.41. The fraction of sp³-hybridized carbons (Fsp3) is 0.560. The summed E-state index contributed by atoms with van der Waals surface area (Å²) in [6, 6.07) is 5.66. The molecule has 0 aliphatic carbocycles. The van der Waals surface area contributed by atoms with Crippen LogP contribution in [-0.2, 0) is 0 Å². The van der Waals surface area contributed by atoms with Gasteiger partial charge in [-0.25, -0.2) is 0 Å². The van der Waals surface area contributed by atoms with E-state index < -0.39 is 12.0 Å². The van der Waals surface area contributed by atoms with Crippen LogP contribution in [0.15, 0.2) is 48.0 Å². The maximum atomic E-state index is 12.9. The van der Waals surface area contributed by atoms with Crippen molar-refractivity contribution < 1.29 is 27.8 Å². The number of likely N-dealkylation sites (N-methyl/N-ethyl adjacent to an activating group) is 1. The Labute approximate surface area is 209 Å². The topological polar surface area (TPSA) is 89.1 Å². The van der Waals surface area contributed by atoms with Crippen molar-refractivity contribution in [3.05, 3.63) is 53.6 Å². The van der Waals surface area contributed by atoms with E-state index in [1.807, 2.05) is 6.20 Å². The first-order valence-electron chi connectivity index (χ1n) is 12.4. The third kappa shape index (κ3) is 5.73. The standard InChI is InChI=1S/C25H34F3N5O3/c1-3-19-16-31-24(22(34)14-18(29-2)15-30-24)10-13-33(19)20-8-11-32(12-9-20)23(35)17-4-6-21(7-5-17)36-25(26,27)28/h4-7,14-15,19-20,29-31,34H,3,8-13,16H2,1-2H3. The summed E-state index contributed by atoms with van der Waals surface area (Å²) in [6.07, 6.45) is 2.11. The van der Waals surface area contributed by atoms with Crippen LogP contribution in [0.3, 0.4) is 0 Å².